The summed E-state index contributed by atoms with van der Waals surface area (Å²) in [5.74, 6) is 0. The molecular formula is C9H9IO2. The average Bonchev–Trinajstić information content (AvgIpc) is 2.55. The first-order chi connectivity index (χ1) is 5.81. The third kappa shape index (κ3) is 1.48. The van der Waals surface area contributed by atoms with Crippen molar-refractivity contribution in [2.24, 2.45) is 0 Å². The van der Waals surface area contributed by atoms with E-state index < -0.39 is 3.79 Å². The van der Waals surface area contributed by atoms with Crippen LogP contribution in [-0.4, -0.2) is 13.2 Å². The molecule has 1 aromatic rings. The van der Waals surface area contributed by atoms with Gasteiger partial charge in [0.1, 0.15) is 0 Å². The number of ether oxygens (including phenoxy) is 2. The lowest BCUT2D eigenvalue weighted by Crippen LogP contribution is -2.17. The molecule has 1 fully saturated rings. The van der Waals surface area contributed by atoms with Crippen LogP contribution >= 0.6 is 22.6 Å². The monoisotopic (exact) mass is 276 g/mol. The molecule has 1 aliphatic rings. The van der Waals surface area contributed by atoms with E-state index in [-0.39, 0.29) is 0 Å². The van der Waals surface area contributed by atoms with E-state index >= 15 is 0 Å². The van der Waals surface area contributed by atoms with E-state index in [0.29, 0.717) is 13.2 Å². The molecule has 1 aromatic carbocycles. The second-order valence-electron chi connectivity index (χ2n) is 2.60. The highest BCUT2D eigenvalue weighted by Crippen LogP contribution is 2.37. The molecule has 0 atom stereocenters. The Kier molecular flexibility index (Phi) is 2.34. The van der Waals surface area contributed by atoms with Gasteiger partial charge in [-0.2, -0.15) is 0 Å². The van der Waals surface area contributed by atoms with Crippen LogP contribution in [-0.2, 0) is 13.3 Å². The lowest BCUT2D eigenvalue weighted by atomic mass is 10.2. The first kappa shape index (κ1) is 8.47. The molecule has 0 bridgehead atoms. The number of halogens is 1. The van der Waals surface area contributed by atoms with Gasteiger partial charge in [0.05, 0.1) is 13.2 Å². The van der Waals surface area contributed by atoms with E-state index in [1.807, 2.05) is 30.3 Å². The normalized spacial score (nSPS) is 21.1. The van der Waals surface area contributed by atoms with Crippen LogP contribution in [0.5, 0.6) is 0 Å². The molecule has 64 valence electrons. The van der Waals surface area contributed by atoms with Crippen molar-refractivity contribution in [3.8, 4) is 0 Å². The number of hydrogen-bond acceptors (Lipinski definition) is 2. The predicted octanol–water partition coefficient (Wildman–Crippen LogP) is 2.28. The third-order valence-corrected chi connectivity index (χ3v) is 3.02. The Balaban J connectivity index is 2.29. The van der Waals surface area contributed by atoms with Crippen molar-refractivity contribution in [1.29, 1.82) is 0 Å². The van der Waals surface area contributed by atoms with Crippen LogP contribution in [0.4, 0.5) is 0 Å². The Hall–Kier alpha value is -0.130. The predicted molar refractivity (Wildman–Crippen MR) is 54.0 cm³/mol. The fourth-order valence-corrected chi connectivity index (χ4v) is 1.99. The van der Waals surface area contributed by atoms with Crippen molar-refractivity contribution in [1.82, 2.24) is 0 Å². The highest BCUT2D eigenvalue weighted by Gasteiger charge is 2.34. The third-order valence-electron chi connectivity index (χ3n) is 1.78. The minimum Gasteiger partial charge on any atom is -0.336 e. The summed E-state index contributed by atoms with van der Waals surface area (Å²) in [6.07, 6.45) is 0. The number of rotatable bonds is 1. The Labute approximate surface area is 85.0 Å². The van der Waals surface area contributed by atoms with Crippen LogP contribution in [0.15, 0.2) is 30.3 Å². The molecule has 1 saturated heterocycles. The van der Waals surface area contributed by atoms with Gasteiger partial charge in [0, 0.05) is 5.56 Å². The van der Waals surface area contributed by atoms with Crippen LogP contribution in [0.1, 0.15) is 5.56 Å². The van der Waals surface area contributed by atoms with E-state index in [1.165, 1.54) is 0 Å². The maximum absolute atomic E-state index is 5.49. The summed E-state index contributed by atoms with van der Waals surface area (Å²) in [6.45, 7) is 1.36. The molecule has 0 aromatic heterocycles. The van der Waals surface area contributed by atoms with E-state index in [2.05, 4.69) is 22.6 Å². The van der Waals surface area contributed by atoms with Gasteiger partial charge in [-0.15, -0.1) is 0 Å². The topological polar surface area (TPSA) is 18.5 Å². The summed E-state index contributed by atoms with van der Waals surface area (Å²) in [5.41, 5.74) is 1.07. The van der Waals surface area contributed by atoms with Gasteiger partial charge in [0.25, 0.3) is 0 Å². The van der Waals surface area contributed by atoms with Crippen LogP contribution < -0.4 is 0 Å². The van der Waals surface area contributed by atoms with Crippen molar-refractivity contribution in [3.05, 3.63) is 35.9 Å². The highest BCUT2D eigenvalue weighted by atomic mass is 127. The number of benzene rings is 1. The standard InChI is InChI=1S/C9H9IO2/c10-9(11-6-7-12-9)8-4-2-1-3-5-8/h1-5H,6-7H2. The molecular weight excluding hydrogens is 267 g/mol. The van der Waals surface area contributed by atoms with Gasteiger partial charge in [-0.05, 0) is 22.6 Å². The van der Waals surface area contributed by atoms with Crippen molar-refractivity contribution >= 4 is 22.6 Å². The van der Waals surface area contributed by atoms with Crippen molar-refractivity contribution < 1.29 is 9.47 Å². The van der Waals surface area contributed by atoms with Gasteiger partial charge >= 0.3 is 0 Å². The van der Waals surface area contributed by atoms with Crippen LogP contribution in [0.2, 0.25) is 0 Å². The molecule has 2 nitrogen and oxygen atoms in total. The Morgan fingerprint density at radius 1 is 1.08 bits per heavy atom. The molecule has 3 heteroatoms. The zero-order valence-electron chi connectivity index (χ0n) is 6.50. The fourth-order valence-electron chi connectivity index (χ4n) is 1.19. The molecule has 0 radical (unpaired) electrons. The summed E-state index contributed by atoms with van der Waals surface area (Å²) in [7, 11) is 0. The Bertz CT molecular complexity index is 254. The van der Waals surface area contributed by atoms with Gasteiger partial charge in [-0.25, -0.2) is 0 Å². The second-order valence-corrected chi connectivity index (χ2v) is 4.02. The van der Waals surface area contributed by atoms with Gasteiger partial charge in [0.2, 0.25) is 3.79 Å². The van der Waals surface area contributed by atoms with Gasteiger partial charge in [-0.1, -0.05) is 30.3 Å². The van der Waals surface area contributed by atoms with E-state index in [1.54, 1.807) is 0 Å². The number of alkyl halides is 1. The lowest BCUT2D eigenvalue weighted by molar-refractivity contribution is -0.0638. The summed E-state index contributed by atoms with van der Waals surface area (Å²) < 4.78 is 10.4. The first-order valence-electron chi connectivity index (χ1n) is 3.84. The first-order valence-corrected chi connectivity index (χ1v) is 4.91. The quantitative estimate of drug-likeness (QED) is 0.578. The molecule has 12 heavy (non-hydrogen) atoms. The Morgan fingerprint density at radius 3 is 2.25 bits per heavy atom. The highest BCUT2D eigenvalue weighted by molar-refractivity contribution is 14.1. The van der Waals surface area contributed by atoms with Gasteiger partial charge in [0.15, 0.2) is 0 Å². The van der Waals surface area contributed by atoms with Crippen molar-refractivity contribution in [2.75, 3.05) is 13.2 Å². The molecule has 0 spiro atoms. The number of hydrogen-bond donors (Lipinski definition) is 0. The SMILES string of the molecule is IC1(c2ccccc2)OCCO1. The average molecular weight is 276 g/mol. The molecule has 0 amide bonds. The smallest absolute Gasteiger partial charge is 0.248 e. The summed E-state index contributed by atoms with van der Waals surface area (Å²) in [4.78, 5) is 0. The molecule has 1 aliphatic heterocycles. The van der Waals surface area contributed by atoms with Crippen molar-refractivity contribution in [2.45, 2.75) is 3.79 Å². The molecule has 0 aliphatic carbocycles. The maximum atomic E-state index is 5.49. The largest absolute Gasteiger partial charge is 0.336 e. The lowest BCUT2D eigenvalue weighted by Gasteiger charge is -2.19. The van der Waals surface area contributed by atoms with E-state index in [0.717, 1.165) is 5.56 Å². The fraction of sp³-hybridized carbons (Fsp3) is 0.333. The summed E-state index contributed by atoms with van der Waals surface area (Å²) in [6, 6.07) is 9.98. The molecule has 0 N–H and O–H groups in total. The van der Waals surface area contributed by atoms with Crippen LogP contribution in [0.3, 0.4) is 0 Å². The molecule has 2 rings (SSSR count). The second kappa shape index (κ2) is 3.32. The van der Waals surface area contributed by atoms with Crippen molar-refractivity contribution in [3.63, 3.8) is 0 Å². The minimum absolute atomic E-state index is 0.543. The minimum atomic E-state index is -0.543. The zero-order chi connectivity index (χ0) is 8.44. The summed E-state index contributed by atoms with van der Waals surface area (Å²) >= 11 is 2.19. The zero-order valence-corrected chi connectivity index (χ0v) is 8.65. The van der Waals surface area contributed by atoms with Gasteiger partial charge in [-0.3, -0.25) is 0 Å². The molecule has 0 unspecified atom stereocenters. The molecule has 0 saturated carbocycles. The van der Waals surface area contributed by atoms with Crippen LogP contribution in [0.25, 0.3) is 0 Å². The van der Waals surface area contributed by atoms with E-state index in [9.17, 15) is 0 Å². The Morgan fingerprint density at radius 2 is 1.67 bits per heavy atom. The maximum Gasteiger partial charge on any atom is 0.248 e. The summed E-state index contributed by atoms with van der Waals surface area (Å²) in [5, 5.41) is 0. The van der Waals surface area contributed by atoms with Crippen LogP contribution in [0, 0.1) is 0 Å². The molecule has 1 heterocycles. The van der Waals surface area contributed by atoms with Gasteiger partial charge < -0.3 is 9.47 Å². The van der Waals surface area contributed by atoms with E-state index in [4.69, 9.17) is 9.47 Å².